The molecule has 0 saturated carbocycles. The minimum absolute atomic E-state index is 0.148. The number of hydrazone groups is 1. The van der Waals surface area contributed by atoms with Crippen molar-refractivity contribution < 1.29 is 40.6 Å². The molecule has 1 saturated heterocycles. The fraction of sp³-hybridized carbons (Fsp3) is 0.556. The first-order valence-corrected chi connectivity index (χ1v) is 13.4. The number of rotatable bonds is 10. The Balaban J connectivity index is 1.23. The lowest BCUT2D eigenvalue weighted by Crippen LogP contribution is -2.50. The van der Waals surface area contributed by atoms with E-state index in [9.17, 15) is 31.1 Å². The van der Waals surface area contributed by atoms with Crippen LogP contribution in [0.1, 0.15) is 30.9 Å². The zero-order valence-corrected chi connectivity index (χ0v) is 23.2. The van der Waals surface area contributed by atoms with Crippen LogP contribution in [0.3, 0.4) is 0 Å². The van der Waals surface area contributed by atoms with Gasteiger partial charge in [-0.05, 0) is 37.5 Å². The van der Waals surface area contributed by atoms with Crippen LogP contribution >= 0.6 is 0 Å². The number of nitrogens with zero attached hydrogens (tertiary/aromatic N) is 6. The molecule has 1 aromatic carbocycles. The molecule has 42 heavy (non-hydrogen) atoms. The SMILES string of the molecule is COc1ccc(CC2CC(C(F)(F)F)=NN2C(C)CCOCC(=O)N2CCN(c3ncc(C(F)(F)F)cn3)CC2)cc1. The summed E-state index contributed by atoms with van der Waals surface area (Å²) in [4.78, 5) is 23.5. The van der Waals surface area contributed by atoms with Gasteiger partial charge in [-0.25, -0.2) is 9.97 Å². The lowest BCUT2D eigenvalue weighted by atomic mass is 10.00. The number of amides is 1. The van der Waals surface area contributed by atoms with E-state index in [2.05, 4.69) is 15.1 Å². The molecule has 2 atom stereocenters. The Hall–Kier alpha value is -3.62. The zero-order chi connectivity index (χ0) is 30.5. The van der Waals surface area contributed by atoms with Gasteiger partial charge in [0.2, 0.25) is 11.9 Å². The minimum Gasteiger partial charge on any atom is -0.497 e. The lowest BCUT2D eigenvalue weighted by molar-refractivity contribution is -0.138. The van der Waals surface area contributed by atoms with Crippen LogP contribution in [-0.4, -0.2) is 96.3 Å². The average molecular weight is 603 g/mol. The van der Waals surface area contributed by atoms with E-state index < -0.39 is 29.7 Å². The third-order valence-corrected chi connectivity index (χ3v) is 7.23. The summed E-state index contributed by atoms with van der Waals surface area (Å²) >= 11 is 0. The summed E-state index contributed by atoms with van der Waals surface area (Å²) in [6, 6.07) is 6.32. The number of hydrogen-bond donors (Lipinski definition) is 0. The van der Waals surface area contributed by atoms with Gasteiger partial charge in [-0.3, -0.25) is 9.80 Å². The van der Waals surface area contributed by atoms with E-state index in [1.807, 2.05) is 12.1 Å². The van der Waals surface area contributed by atoms with Gasteiger partial charge in [-0.1, -0.05) is 12.1 Å². The molecule has 2 aromatic rings. The van der Waals surface area contributed by atoms with Gasteiger partial charge >= 0.3 is 12.4 Å². The lowest BCUT2D eigenvalue weighted by Gasteiger charge is -2.34. The van der Waals surface area contributed by atoms with Crippen LogP contribution in [0.25, 0.3) is 0 Å². The van der Waals surface area contributed by atoms with E-state index in [0.29, 0.717) is 44.8 Å². The van der Waals surface area contributed by atoms with Crippen molar-refractivity contribution in [3.63, 3.8) is 0 Å². The number of carbonyl (C=O) groups excluding carboxylic acids is 1. The van der Waals surface area contributed by atoms with Crippen LogP contribution in [0.4, 0.5) is 32.3 Å². The molecule has 1 amide bonds. The fourth-order valence-corrected chi connectivity index (χ4v) is 4.83. The average Bonchev–Trinajstić information content (AvgIpc) is 3.40. The normalized spacial score (nSPS) is 18.7. The molecule has 1 aromatic heterocycles. The van der Waals surface area contributed by atoms with Gasteiger partial charge < -0.3 is 19.3 Å². The number of anilines is 1. The van der Waals surface area contributed by atoms with Crippen molar-refractivity contribution in [3.8, 4) is 5.75 Å². The largest absolute Gasteiger partial charge is 0.497 e. The summed E-state index contributed by atoms with van der Waals surface area (Å²) in [5.74, 6) is 0.555. The molecular formula is C27H32F6N6O3. The standard InChI is InChI=1S/C27H32F6N6O3/c1-18(39-21(14-23(36-39)27(31,32)33)13-19-3-5-22(41-2)6-4-19)7-12-42-17-24(40)37-8-10-38(11-9-37)25-34-15-20(16-35-25)26(28,29)30/h3-6,15-16,18,21H,7-14,17H2,1-2H3. The Morgan fingerprint density at radius 2 is 1.64 bits per heavy atom. The number of piperazine rings is 1. The van der Waals surface area contributed by atoms with E-state index in [1.54, 1.807) is 28.9 Å². The van der Waals surface area contributed by atoms with E-state index in [0.717, 1.165) is 18.0 Å². The van der Waals surface area contributed by atoms with E-state index in [4.69, 9.17) is 9.47 Å². The summed E-state index contributed by atoms with van der Waals surface area (Å²) in [6.07, 6.45) is -7.06. The van der Waals surface area contributed by atoms with Gasteiger partial charge in [0, 0.05) is 57.6 Å². The number of benzene rings is 1. The molecule has 0 N–H and O–H groups in total. The van der Waals surface area contributed by atoms with Crippen molar-refractivity contribution in [1.29, 1.82) is 0 Å². The first kappa shape index (κ1) is 31.3. The summed E-state index contributed by atoms with van der Waals surface area (Å²) < 4.78 is 89.3. The van der Waals surface area contributed by atoms with Crippen LogP contribution in [0.2, 0.25) is 0 Å². The second-order valence-electron chi connectivity index (χ2n) is 10.2. The van der Waals surface area contributed by atoms with Gasteiger partial charge in [0.15, 0.2) is 0 Å². The van der Waals surface area contributed by atoms with Crippen LogP contribution in [0, 0.1) is 0 Å². The van der Waals surface area contributed by atoms with Gasteiger partial charge in [-0.2, -0.15) is 31.4 Å². The molecular weight excluding hydrogens is 570 g/mol. The highest BCUT2D eigenvalue weighted by Gasteiger charge is 2.43. The second-order valence-corrected chi connectivity index (χ2v) is 10.2. The topological polar surface area (TPSA) is 83.4 Å². The highest BCUT2D eigenvalue weighted by Crippen LogP contribution is 2.32. The van der Waals surface area contributed by atoms with Crippen molar-refractivity contribution >= 4 is 17.6 Å². The van der Waals surface area contributed by atoms with Gasteiger partial charge in [0.1, 0.15) is 18.1 Å². The van der Waals surface area contributed by atoms with Crippen molar-refractivity contribution in [2.24, 2.45) is 5.10 Å². The number of halogens is 6. The number of alkyl halides is 6. The Labute approximate surface area is 239 Å². The molecule has 2 aliphatic rings. The van der Waals surface area contributed by atoms with Gasteiger partial charge in [-0.15, -0.1) is 0 Å². The molecule has 0 radical (unpaired) electrons. The van der Waals surface area contributed by atoms with Crippen LogP contribution < -0.4 is 9.64 Å². The summed E-state index contributed by atoms with van der Waals surface area (Å²) in [5, 5.41) is 5.39. The molecule has 0 spiro atoms. The molecule has 0 bridgehead atoms. The molecule has 4 rings (SSSR count). The molecule has 15 heteroatoms. The highest BCUT2D eigenvalue weighted by molar-refractivity contribution is 5.91. The highest BCUT2D eigenvalue weighted by atomic mass is 19.4. The predicted octanol–water partition coefficient (Wildman–Crippen LogP) is 4.18. The maximum absolute atomic E-state index is 13.5. The first-order valence-electron chi connectivity index (χ1n) is 13.4. The summed E-state index contributed by atoms with van der Waals surface area (Å²) in [7, 11) is 1.54. The minimum atomic E-state index is -4.52. The van der Waals surface area contributed by atoms with Crippen LogP contribution in [0.5, 0.6) is 5.75 Å². The Morgan fingerprint density at radius 3 is 2.21 bits per heavy atom. The predicted molar refractivity (Wildman–Crippen MR) is 141 cm³/mol. The van der Waals surface area contributed by atoms with Gasteiger partial charge in [0.25, 0.3) is 0 Å². The Morgan fingerprint density at radius 1 is 1.00 bits per heavy atom. The van der Waals surface area contributed by atoms with Crippen LogP contribution in [0.15, 0.2) is 41.8 Å². The van der Waals surface area contributed by atoms with E-state index >= 15 is 0 Å². The number of carbonyl (C=O) groups is 1. The summed E-state index contributed by atoms with van der Waals surface area (Å²) in [6.45, 7) is 3.05. The monoisotopic (exact) mass is 602 g/mol. The maximum Gasteiger partial charge on any atom is 0.431 e. The number of hydrogen-bond acceptors (Lipinski definition) is 8. The van der Waals surface area contributed by atoms with E-state index in [-0.39, 0.29) is 37.5 Å². The molecule has 2 unspecified atom stereocenters. The van der Waals surface area contributed by atoms with Crippen molar-refractivity contribution in [1.82, 2.24) is 19.9 Å². The molecule has 0 aliphatic carbocycles. The third-order valence-electron chi connectivity index (χ3n) is 7.23. The summed E-state index contributed by atoms with van der Waals surface area (Å²) in [5.41, 5.74) is -0.884. The van der Waals surface area contributed by atoms with Crippen molar-refractivity contribution in [2.75, 3.05) is 51.4 Å². The van der Waals surface area contributed by atoms with Crippen LogP contribution in [-0.2, 0) is 22.1 Å². The quantitative estimate of drug-likeness (QED) is 0.298. The molecule has 9 nitrogen and oxygen atoms in total. The fourth-order valence-electron chi connectivity index (χ4n) is 4.83. The number of methoxy groups -OCH3 is 1. The van der Waals surface area contributed by atoms with Crippen molar-refractivity contribution in [2.45, 2.75) is 50.6 Å². The zero-order valence-electron chi connectivity index (χ0n) is 23.2. The molecule has 1 fully saturated rings. The molecule has 230 valence electrons. The van der Waals surface area contributed by atoms with E-state index in [1.165, 1.54) is 12.1 Å². The Kier molecular flexibility index (Phi) is 9.79. The van der Waals surface area contributed by atoms with Gasteiger partial charge in [0.05, 0.1) is 18.7 Å². The van der Waals surface area contributed by atoms with Crippen molar-refractivity contribution in [3.05, 3.63) is 47.8 Å². The molecule has 3 heterocycles. The third kappa shape index (κ3) is 8.01. The number of aromatic nitrogens is 2. The Bertz CT molecular complexity index is 1210. The molecule has 2 aliphatic heterocycles. The number of ether oxygens (including phenoxy) is 2. The second kappa shape index (κ2) is 13.1. The maximum atomic E-state index is 13.5. The first-order chi connectivity index (χ1) is 19.8. The smallest absolute Gasteiger partial charge is 0.431 e.